The number of hydrogen-bond donors (Lipinski definition) is 2. The third kappa shape index (κ3) is 5.55. The Morgan fingerprint density at radius 3 is 2.68 bits per heavy atom. The van der Waals surface area contributed by atoms with E-state index in [4.69, 9.17) is 9.47 Å². The first-order chi connectivity index (χ1) is 16.4. The molecule has 3 aromatic rings. The Kier molecular flexibility index (Phi) is 7.14. The van der Waals surface area contributed by atoms with Crippen LogP contribution in [-0.4, -0.2) is 33.6 Å². The Hall–Kier alpha value is -3.42. The molecular weight excluding hydrogens is 437 g/mol. The Balaban J connectivity index is 1.73. The summed E-state index contributed by atoms with van der Waals surface area (Å²) < 4.78 is 26.8. The van der Waals surface area contributed by atoms with Gasteiger partial charge in [-0.05, 0) is 72.9 Å². The number of carboxylic acids is 1. The molecule has 2 N–H and O–H groups in total. The molecule has 0 bridgehead atoms. The highest BCUT2D eigenvalue weighted by atomic mass is 19.1. The van der Waals surface area contributed by atoms with E-state index in [0.29, 0.717) is 35.4 Å². The molecule has 8 heteroatoms. The van der Waals surface area contributed by atoms with Crippen LogP contribution in [-0.2, 0) is 11.2 Å². The van der Waals surface area contributed by atoms with Gasteiger partial charge < -0.3 is 14.6 Å². The first-order valence-electron chi connectivity index (χ1n) is 11.6. The molecule has 1 aromatic heterocycles. The minimum absolute atomic E-state index is 0.0726. The number of aromatic nitrogens is 3. The number of carbonyl (C=O) groups is 1. The lowest BCUT2D eigenvalue weighted by molar-refractivity contribution is -0.137. The lowest BCUT2D eigenvalue weighted by Gasteiger charge is -2.22. The smallest absolute Gasteiger partial charge is 0.303 e. The summed E-state index contributed by atoms with van der Waals surface area (Å²) in [6, 6.07) is 11.9. The molecule has 2 atom stereocenters. The number of H-pyrrole nitrogens is 1. The minimum atomic E-state index is -0.864. The molecule has 2 unspecified atom stereocenters. The van der Waals surface area contributed by atoms with Crippen molar-refractivity contribution >= 4 is 5.97 Å². The molecule has 0 amide bonds. The predicted octanol–water partition coefficient (Wildman–Crippen LogP) is 5.29. The lowest BCUT2D eigenvalue weighted by Crippen LogP contribution is -2.15. The van der Waals surface area contributed by atoms with Crippen molar-refractivity contribution in [1.82, 2.24) is 15.4 Å². The molecule has 4 rings (SSSR count). The third-order valence-electron chi connectivity index (χ3n) is 6.12. The monoisotopic (exact) mass is 467 g/mol. The van der Waals surface area contributed by atoms with Crippen LogP contribution in [0.25, 0.3) is 0 Å². The van der Waals surface area contributed by atoms with Crippen molar-refractivity contribution in [1.29, 1.82) is 0 Å². The molecule has 1 fully saturated rings. The van der Waals surface area contributed by atoms with E-state index in [-0.39, 0.29) is 17.9 Å². The van der Waals surface area contributed by atoms with Crippen LogP contribution in [0.2, 0.25) is 0 Å². The summed E-state index contributed by atoms with van der Waals surface area (Å²) in [6.07, 6.45) is 1.94. The first-order valence-corrected chi connectivity index (χ1v) is 11.6. The van der Waals surface area contributed by atoms with Crippen LogP contribution in [0.4, 0.5) is 4.39 Å². The van der Waals surface area contributed by atoms with E-state index in [2.05, 4.69) is 29.3 Å². The molecule has 1 heterocycles. The standard InChI is InChI=1S/C26H30FN3O4/c1-15(2)11-23-25(29-30-28-23)26(21-13-18(33-3)9-10-22(21)27)34-19-6-4-5-17(12-19)20(14-24(31)32)16-7-8-16/h4-6,9-10,12-13,15-16,20,26H,7-8,11,14H2,1-3H3,(H,31,32)(H,28,29,30). The molecule has 0 radical (unpaired) electrons. The molecule has 1 aliphatic rings. The molecule has 34 heavy (non-hydrogen) atoms. The third-order valence-corrected chi connectivity index (χ3v) is 6.12. The summed E-state index contributed by atoms with van der Waals surface area (Å²) in [5.41, 5.74) is 2.48. The molecule has 0 saturated heterocycles. The van der Waals surface area contributed by atoms with Crippen LogP contribution in [0.15, 0.2) is 42.5 Å². The SMILES string of the molecule is COc1ccc(F)c(C(Oc2cccc(C(CC(=O)O)C3CC3)c2)c2nn[nH]c2CC(C)C)c1. The number of ether oxygens (including phenoxy) is 2. The van der Waals surface area contributed by atoms with E-state index >= 15 is 4.39 Å². The van der Waals surface area contributed by atoms with Gasteiger partial charge in [0.15, 0.2) is 6.10 Å². The fourth-order valence-electron chi connectivity index (χ4n) is 4.34. The van der Waals surface area contributed by atoms with Crippen molar-refractivity contribution in [2.75, 3.05) is 7.11 Å². The van der Waals surface area contributed by atoms with Crippen molar-refractivity contribution < 1.29 is 23.8 Å². The number of aliphatic carboxylic acids is 1. The Morgan fingerprint density at radius 2 is 2.00 bits per heavy atom. The Labute approximate surface area is 198 Å². The van der Waals surface area contributed by atoms with Crippen molar-refractivity contribution in [2.45, 2.75) is 51.6 Å². The highest BCUT2D eigenvalue weighted by Crippen LogP contribution is 2.45. The van der Waals surface area contributed by atoms with E-state index in [9.17, 15) is 9.90 Å². The summed E-state index contributed by atoms with van der Waals surface area (Å²) in [7, 11) is 1.52. The van der Waals surface area contributed by atoms with E-state index in [1.807, 2.05) is 18.2 Å². The van der Waals surface area contributed by atoms with Gasteiger partial charge in [-0.1, -0.05) is 31.2 Å². The Bertz CT molecular complexity index is 1140. The molecule has 0 aliphatic heterocycles. The average molecular weight is 468 g/mol. The highest BCUT2D eigenvalue weighted by molar-refractivity contribution is 5.68. The van der Waals surface area contributed by atoms with Crippen LogP contribution >= 0.6 is 0 Å². The van der Waals surface area contributed by atoms with Gasteiger partial charge >= 0.3 is 5.97 Å². The number of rotatable bonds is 11. The molecule has 180 valence electrons. The molecule has 2 aromatic carbocycles. The van der Waals surface area contributed by atoms with E-state index in [1.165, 1.54) is 13.2 Å². The quantitative estimate of drug-likeness (QED) is 0.398. The zero-order chi connectivity index (χ0) is 24.2. The fourth-order valence-corrected chi connectivity index (χ4v) is 4.34. The molecule has 0 spiro atoms. The summed E-state index contributed by atoms with van der Waals surface area (Å²) >= 11 is 0. The summed E-state index contributed by atoms with van der Waals surface area (Å²) in [6.45, 7) is 4.16. The largest absolute Gasteiger partial charge is 0.497 e. The number of hydrogen-bond acceptors (Lipinski definition) is 5. The molecule has 1 saturated carbocycles. The second kappa shape index (κ2) is 10.2. The van der Waals surface area contributed by atoms with Gasteiger partial charge in [0.2, 0.25) is 0 Å². The van der Waals surface area contributed by atoms with Crippen LogP contribution in [0.3, 0.4) is 0 Å². The molecular formula is C26H30FN3O4. The van der Waals surface area contributed by atoms with E-state index in [0.717, 1.165) is 24.1 Å². The zero-order valence-corrected chi connectivity index (χ0v) is 19.6. The second-order valence-corrected chi connectivity index (χ2v) is 9.27. The highest BCUT2D eigenvalue weighted by Gasteiger charge is 2.34. The predicted molar refractivity (Wildman–Crippen MR) is 125 cm³/mol. The summed E-state index contributed by atoms with van der Waals surface area (Å²) in [4.78, 5) is 11.4. The number of nitrogens with one attached hydrogen (secondary N) is 1. The van der Waals surface area contributed by atoms with E-state index < -0.39 is 17.9 Å². The number of carboxylic acid groups (broad SMARTS) is 1. The van der Waals surface area contributed by atoms with Gasteiger partial charge in [0.25, 0.3) is 0 Å². The normalized spacial score (nSPS) is 15.2. The summed E-state index contributed by atoms with van der Waals surface area (Å²) in [5.74, 6) is 0.378. The van der Waals surface area contributed by atoms with Crippen LogP contribution in [0.5, 0.6) is 11.5 Å². The molecule has 1 aliphatic carbocycles. The van der Waals surface area contributed by atoms with Gasteiger partial charge in [0.05, 0.1) is 19.2 Å². The average Bonchev–Trinajstić information content (AvgIpc) is 3.55. The maximum absolute atomic E-state index is 15.1. The zero-order valence-electron chi connectivity index (χ0n) is 19.6. The molecule has 7 nitrogen and oxygen atoms in total. The first kappa shape index (κ1) is 23.7. The summed E-state index contributed by atoms with van der Waals surface area (Å²) in [5, 5.41) is 20.6. The topological polar surface area (TPSA) is 97.3 Å². The number of methoxy groups -OCH3 is 1. The number of aromatic amines is 1. The van der Waals surface area contributed by atoms with Gasteiger partial charge in [-0.2, -0.15) is 0 Å². The maximum Gasteiger partial charge on any atom is 0.303 e. The van der Waals surface area contributed by atoms with E-state index in [1.54, 1.807) is 18.2 Å². The number of nitrogens with zero attached hydrogens (tertiary/aromatic N) is 2. The van der Waals surface area contributed by atoms with Crippen LogP contribution in [0.1, 0.15) is 67.6 Å². The van der Waals surface area contributed by atoms with Gasteiger partial charge in [-0.15, -0.1) is 5.10 Å². The van der Waals surface area contributed by atoms with Crippen molar-refractivity contribution in [3.05, 3.63) is 70.8 Å². The van der Waals surface area contributed by atoms with Crippen LogP contribution < -0.4 is 9.47 Å². The van der Waals surface area contributed by atoms with Crippen molar-refractivity contribution in [2.24, 2.45) is 11.8 Å². The van der Waals surface area contributed by atoms with Gasteiger partial charge in [0.1, 0.15) is 23.0 Å². The van der Waals surface area contributed by atoms with Crippen LogP contribution in [0, 0.1) is 17.7 Å². The number of benzene rings is 2. The lowest BCUT2D eigenvalue weighted by atomic mass is 9.91. The fraction of sp³-hybridized carbons (Fsp3) is 0.423. The van der Waals surface area contributed by atoms with Crippen molar-refractivity contribution in [3.8, 4) is 11.5 Å². The van der Waals surface area contributed by atoms with Gasteiger partial charge in [-0.25, -0.2) is 4.39 Å². The van der Waals surface area contributed by atoms with Gasteiger partial charge in [0, 0.05) is 5.56 Å². The maximum atomic E-state index is 15.1. The second-order valence-electron chi connectivity index (χ2n) is 9.27. The minimum Gasteiger partial charge on any atom is -0.497 e. The Morgan fingerprint density at radius 1 is 1.21 bits per heavy atom. The number of halogens is 1. The van der Waals surface area contributed by atoms with Crippen molar-refractivity contribution in [3.63, 3.8) is 0 Å². The van der Waals surface area contributed by atoms with Gasteiger partial charge in [-0.3, -0.25) is 9.89 Å².